The number of aliphatic hydroxyl groups excluding tert-OH is 1. The van der Waals surface area contributed by atoms with Crippen molar-refractivity contribution in [2.75, 3.05) is 19.8 Å². The minimum atomic E-state index is -1.44. The molecule has 2 fully saturated rings. The number of nitrogens with zero attached hydrogens (tertiary/aromatic N) is 2. The fraction of sp³-hybridized carbons (Fsp3) is 0.444. The van der Waals surface area contributed by atoms with Gasteiger partial charge in [-0.3, -0.25) is 19.2 Å². The highest BCUT2D eigenvalue weighted by atomic mass is 79.9. The molecular weight excluding hydrogens is 666 g/mol. The number of allylic oxidation sites excluding steroid dienone is 1. The van der Waals surface area contributed by atoms with Gasteiger partial charge in [-0.05, 0) is 43.9 Å². The summed E-state index contributed by atoms with van der Waals surface area (Å²) in [5.74, 6) is -3.61. The number of amides is 3. The summed E-state index contributed by atoms with van der Waals surface area (Å²) in [7, 11) is 0. The number of hydrogen-bond acceptors (Lipinski definition) is 7. The number of esters is 1. The third-order valence-corrected chi connectivity index (χ3v) is 10.3. The fourth-order valence-corrected chi connectivity index (χ4v) is 8.14. The Morgan fingerprint density at radius 3 is 2.38 bits per heavy atom. The van der Waals surface area contributed by atoms with Crippen molar-refractivity contribution in [3.63, 3.8) is 0 Å². The Bertz CT molecular complexity index is 1560. The Morgan fingerprint density at radius 2 is 1.70 bits per heavy atom. The number of rotatable bonds is 6. The van der Waals surface area contributed by atoms with Crippen LogP contribution in [0.25, 0.3) is 0 Å². The Hall–Kier alpha value is -3.80. The number of halogens is 1. The molecule has 4 aliphatic heterocycles. The monoisotopic (exact) mass is 705 g/mol. The maximum Gasteiger partial charge on any atom is 0.306 e. The van der Waals surface area contributed by atoms with Crippen LogP contribution in [0.5, 0.6) is 0 Å². The summed E-state index contributed by atoms with van der Waals surface area (Å²) >= 11 is 3.61. The topological polar surface area (TPSA) is 125 Å². The second-order valence-electron chi connectivity index (χ2n) is 12.8. The van der Waals surface area contributed by atoms with Crippen LogP contribution in [0.1, 0.15) is 43.9 Å². The van der Waals surface area contributed by atoms with Gasteiger partial charge in [-0.25, -0.2) is 0 Å². The van der Waals surface area contributed by atoms with Gasteiger partial charge in [0.05, 0.1) is 30.5 Å². The molecule has 0 saturated carbocycles. The number of ether oxygens (including phenoxy) is 2. The summed E-state index contributed by atoms with van der Waals surface area (Å²) < 4.78 is 12.8. The summed E-state index contributed by atoms with van der Waals surface area (Å²) in [4.78, 5) is 59.7. The minimum absolute atomic E-state index is 0.0880. The first kappa shape index (κ1) is 33.1. The number of benzene rings is 2. The summed E-state index contributed by atoms with van der Waals surface area (Å²) in [6.45, 7) is 3.56. The molecule has 0 unspecified atom stereocenters. The molecule has 0 radical (unpaired) electrons. The predicted molar refractivity (Wildman–Crippen MR) is 177 cm³/mol. The average Bonchev–Trinajstić information content (AvgIpc) is 3.66. The molecule has 4 aliphatic rings. The van der Waals surface area contributed by atoms with Crippen molar-refractivity contribution in [2.45, 2.75) is 69.0 Å². The van der Waals surface area contributed by atoms with Crippen molar-refractivity contribution in [1.82, 2.24) is 15.1 Å². The lowest BCUT2D eigenvalue weighted by Crippen LogP contribution is -2.59. The molecule has 0 aromatic heterocycles. The Morgan fingerprint density at radius 1 is 1.00 bits per heavy atom. The molecule has 1 spiro atoms. The molecule has 4 heterocycles. The number of aliphatic hydroxyl groups is 1. The van der Waals surface area contributed by atoms with E-state index in [4.69, 9.17) is 9.47 Å². The lowest BCUT2D eigenvalue weighted by molar-refractivity contribution is -0.151. The van der Waals surface area contributed by atoms with Crippen LogP contribution in [0.2, 0.25) is 0 Å². The number of likely N-dealkylation sites (tertiary alicyclic amines) is 1. The third-order valence-electron chi connectivity index (χ3n) is 9.64. The summed E-state index contributed by atoms with van der Waals surface area (Å²) in [5.41, 5.74) is 0.196. The second kappa shape index (κ2) is 13.7. The van der Waals surface area contributed by atoms with E-state index >= 15 is 0 Å². The van der Waals surface area contributed by atoms with Gasteiger partial charge in [0.15, 0.2) is 0 Å². The molecule has 0 aliphatic carbocycles. The number of cyclic esters (lactones) is 1. The van der Waals surface area contributed by atoms with Crippen molar-refractivity contribution >= 4 is 39.6 Å². The van der Waals surface area contributed by atoms with Crippen LogP contribution in [0, 0.1) is 11.8 Å². The minimum Gasteiger partial charge on any atom is -0.463 e. The Kier molecular flexibility index (Phi) is 9.68. The Balaban J connectivity index is 1.45. The highest BCUT2D eigenvalue weighted by Crippen LogP contribution is 2.59. The lowest BCUT2D eigenvalue weighted by Gasteiger charge is -2.40. The highest BCUT2D eigenvalue weighted by molar-refractivity contribution is 9.11. The van der Waals surface area contributed by atoms with Gasteiger partial charge < -0.3 is 29.7 Å². The lowest BCUT2D eigenvalue weighted by atomic mass is 9.74. The molecule has 10 nitrogen and oxygen atoms in total. The van der Waals surface area contributed by atoms with E-state index in [2.05, 4.69) is 21.2 Å². The zero-order valence-corrected chi connectivity index (χ0v) is 28.0. The molecule has 2 saturated heterocycles. The number of hydrogen-bond donors (Lipinski definition) is 2. The number of carbonyl (C=O) groups is 4. The van der Waals surface area contributed by atoms with E-state index in [1.54, 1.807) is 11.0 Å². The largest absolute Gasteiger partial charge is 0.463 e. The summed E-state index contributed by atoms with van der Waals surface area (Å²) in [5, 5.41) is 13.8. The van der Waals surface area contributed by atoms with Crippen LogP contribution in [0.15, 0.2) is 83.4 Å². The van der Waals surface area contributed by atoms with Gasteiger partial charge in [0.2, 0.25) is 17.7 Å². The third kappa shape index (κ3) is 6.16. The molecular formula is C36H40BrN3O7. The molecule has 2 N–H and O–H groups in total. The highest BCUT2D eigenvalue weighted by Gasteiger charge is 2.75. The number of fused-ring (bicyclic) bond motifs is 2. The molecule has 2 aromatic rings. The van der Waals surface area contributed by atoms with Gasteiger partial charge in [0, 0.05) is 23.5 Å². The van der Waals surface area contributed by atoms with E-state index in [-0.39, 0.29) is 38.1 Å². The molecule has 3 amide bonds. The maximum absolute atomic E-state index is 14.8. The van der Waals surface area contributed by atoms with Crippen LogP contribution < -0.4 is 5.32 Å². The van der Waals surface area contributed by atoms with Crippen molar-refractivity contribution in [3.05, 3.63) is 94.5 Å². The number of nitrogens with one attached hydrogen (secondary N) is 1. The normalized spacial score (nSPS) is 31.0. The van der Waals surface area contributed by atoms with E-state index < -0.39 is 59.5 Å². The van der Waals surface area contributed by atoms with Crippen molar-refractivity contribution in [3.8, 4) is 0 Å². The van der Waals surface area contributed by atoms with Gasteiger partial charge in [0.1, 0.15) is 24.4 Å². The first-order valence-electron chi connectivity index (χ1n) is 16.2. The standard InChI is InChI=1S/C36H40BrN3O7/c1-22(2)39-17-11-5-10-16-28(42)46-21-27(24-14-8-4-9-15-24)38-33(43)29-30-34(44)40(25(20-41)18-23-12-6-3-7-13-23)32(35(39)45)36(30)19-26(37)31(29)47-36/h3-9,11-15,19,22,25,27,29-32,41H,10,16-18,20-21H2,1-2H3,(H,38,43)/b11-5-/t25-,27-,29-,30+,31-,32-,36+/m1/s1. The summed E-state index contributed by atoms with van der Waals surface area (Å²) in [6, 6.07) is 15.9. The quantitative estimate of drug-likeness (QED) is 0.349. The van der Waals surface area contributed by atoms with Gasteiger partial charge in [0.25, 0.3) is 0 Å². The van der Waals surface area contributed by atoms with E-state index in [0.29, 0.717) is 17.3 Å². The molecule has 6 rings (SSSR count). The van der Waals surface area contributed by atoms with Crippen LogP contribution in [0.3, 0.4) is 0 Å². The van der Waals surface area contributed by atoms with Gasteiger partial charge in [-0.15, -0.1) is 0 Å². The fourth-order valence-electron chi connectivity index (χ4n) is 7.41. The zero-order chi connectivity index (χ0) is 33.3. The smallest absolute Gasteiger partial charge is 0.306 e. The predicted octanol–water partition coefficient (Wildman–Crippen LogP) is 3.45. The molecule has 5 bridgehead atoms. The average molecular weight is 707 g/mol. The number of carbonyl (C=O) groups excluding carboxylic acids is 4. The van der Waals surface area contributed by atoms with Crippen LogP contribution in [0.4, 0.5) is 0 Å². The van der Waals surface area contributed by atoms with Crippen molar-refractivity contribution in [2.24, 2.45) is 11.8 Å². The SMILES string of the molecule is CC(C)N1C/C=C\CCC(=O)OC[C@H](c2ccccc2)NC(=O)[C@H]2[C@@H]3O[C@@]4(C=C3Br)[C@@H]2C(=O)N([C@@H](CO)Cc2ccccc2)[C@@H]4C1=O. The maximum atomic E-state index is 14.8. The van der Waals surface area contributed by atoms with E-state index in [0.717, 1.165) is 11.1 Å². The van der Waals surface area contributed by atoms with E-state index in [1.165, 1.54) is 4.90 Å². The van der Waals surface area contributed by atoms with Crippen molar-refractivity contribution in [1.29, 1.82) is 0 Å². The zero-order valence-electron chi connectivity index (χ0n) is 26.5. The first-order valence-corrected chi connectivity index (χ1v) is 16.9. The van der Waals surface area contributed by atoms with Crippen molar-refractivity contribution < 1.29 is 33.8 Å². The summed E-state index contributed by atoms with van der Waals surface area (Å²) in [6.07, 6.45) is 5.53. The van der Waals surface area contributed by atoms with Crippen LogP contribution >= 0.6 is 15.9 Å². The Labute approximate surface area is 282 Å². The van der Waals surface area contributed by atoms with Crippen LogP contribution in [-0.2, 0) is 35.1 Å². The molecule has 2 aromatic carbocycles. The molecule has 11 heteroatoms. The second-order valence-corrected chi connectivity index (χ2v) is 13.8. The van der Waals surface area contributed by atoms with Gasteiger partial charge in [-0.1, -0.05) is 88.7 Å². The molecule has 248 valence electrons. The molecule has 47 heavy (non-hydrogen) atoms. The molecule has 7 atom stereocenters. The van der Waals surface area contributed by atoms with Crippen LogP contribution in [-0.4, -0.2) is 88.2 Å². The van der Waals surface area contributed by atoms with E-state index in [1.807, 2.05) is 86.7 Å². The van der Waals surface area contributed by atoms with Gasteiger partial charge >= 0.3 is 5.97 Å². The van der Waals surface area contributed by atoms with E-state index in [9.17, 15) is 24.3 Å². The first-order chi connectivity index (χ1) is 22.7. The van der Waals surface area contributed by atoms with Gasteiger partial charge in [-0.2, -0.15) is 0 Å².